The van der Waals surface area contributed by atoms with Gasteiger partial charge in [0.1, 0.15) is 0 Å². The van der Waals surface area contributed by atoms with Crippen LogP contribution < -0.4 is 5.73 Å². The molecule has 0 spiro atoms. The molecule has 2 nitrogen and oxygen atoms in total. The number of hydrogen-bond acceptors (Lipinski definition) is 2. The van der Waals surface area contributed by atoms with Gasteiger partial charge in [0, 0.05) is 19.6 Å². The lowest BCUT2D eigenvalue weighted by atomic mass is 10.0. The zero-order chi connectivity index (χ0) is 11.7. The highest BCUT2D eigenvalue weighted by Crippen LogP contribution is 2.45. The van der Waals surface area contributed by atoms with Crippen molar-refractivity contribution in [1.82, 2.24) is 4.90 Å². The van der Waals surface area contributed by atoms with Crippen molar-refractivity contribution < 1.29 is 0 Å². The quantitative estimate of drug-likeness (QED) is 0.858. The Morgan fingerprint density at radius 1 is 1.06 bits per heavy atom. The van der Waals surface area contributed by atoms with E-state index < -0.39 is 0 Å². The molecule has 17 heavy (non-hydrogen) atoms. The maximum Gasteiger partial charge on any atom is 0.00503 e. The Morgan fingerprint density at radius 3 is 2.12 bits per heavy atom. The van der Waals surface area contributed by atoms with Gasteiger partial charge in [0.05, 0.1) is 0 Å². The monoisotopic (exact) mass is 230 g/mol. The Hall–Kier alpha value is -0.860. The summed E-state index contributed by atoms with van der Waals surface area (Å²) in [4.78, 5) is 2.62. The van der Waals surface area contributed by atoms with Gasteiger partial charge in [0.15, 0.2) is 0 Å². The zero-order valence-corrected chi connectivity index (χ0v) is 10.5. The van der Waals surface area contributed by atoms with Crippen LogP contribution in [0.5, 0.6) is 0 Å². The summed E-state index contributed by atoms with van der Waals surface area (Å²) in [5.41, 5.74) is 9.46. The summed E-state index contributed by atoms with van der Waals surface area (Å²) in [5.74, 6) is 0. The van der Waals surface area contributed by atoms with E-state index in [1.165, 1.54) is 45.3 Å². The fourth-order valence-corrected chi connectivity index (χ4v) is 2.95. The van der Waals surface area contributed by atoms with Crippen molar-refractivity contribution >= 4 is 0 Å². The highest BCUT2D eigenvalue weighted by molar-refractivity contribution is 5.28. The van der Waals surface area contributed by atoms with E-state index in [2.05, 4.69) is 29.2 Å². The summed E-state index contributed by atoms with van der Waals surface area (Å²) in [6.45, 7) is 4.51. The van der Waals surface area contributed by atoms with Crippen LogP contribution in [0, 0.1) is 5.41 Å². The topological polar surface area (TPSA) is 29.3 Å². The summed E-state index contributed by atoms with van der Waals surface area (Å²) >= 11 is 0. The number of fused-ring (bicyclic) bond motifs is 1. The first-order valence-electron chi connectivity index (χ1n) is 6.81. The first kappa shape index (κ1) is 11.2. The SMILES string of the molecule is NCC1(CN2CCc3ccccc3CC2)CC1. The molecule has 0 unspecified atom stereocenters. The van der Waals surface area contributed by atoms with Gasteiger partial charge in [0.2, 0.25) is 0 Å². The predicted octanol–water partition coefficient (Wildman–Crippen LogP) is 1.83. The molecule has 1 aliphatic carbocycles. The molecule has 92 valence electrons. The fourth-order valence-electron chi connectivity index (χ4n) is 2.95. The van der Waals surface area contributed by atoms with Gasteiger partial charge in [-0.1, -0.05) is 24.3 Å². The Labute approximate surface area is 104 Å². The third-order valence-electron chi connectivity index (χ3n) is 4.46. The van der Waals surface area contributed by atoms with Crippen molar-refractivity contribution in [1.29, 1.82) is 0 Å². The second-order valence-corrected chi connectivity index (χ2v) is 5.75. The summed E-state index contributed by atoms with van der Waals surface area (Å²) in [6, 6.07) is 8.90. The predicted molar refractivity (Wildman–Crippen MR) is 71.0 cm³/mol. The van der Waals surface area contributed by atoms with E-state index in [0.29, 0.717) is 5.41 Å². The molecule has 0 radical (unpaired) electrons. The summed E-state index contributed by atoms with van der Waals surface area (Å²) in [7, 11) is 0. The van der Waals surface area contributed by atoms with Gasteiger partial charge in [-0.05, 0) is 48.8 Å². The van der Waals surface area contributed by atoms with E-state index in [1.54, 1.807) is 11.1 Å². The molecular formula is C15H22N2. The van der Waals surface area contributed by atoms with Crippen molar-refractivity contribution in [2.75, 3.05) is 26.2 Å². The number of benzene rings is 1. The molecule has 1 heterocycles. The van der Waals surface area contributed by atoms with Gasteiger partial charge in [-0.2, -0.15) is 0 Å². The molecule has 0 atom stereocenters. The Morgan fingerprint density at radius 2 is 1.65 bits per heavy atom. The van der Waals surface area contributed by atoms with Crippen LogP contribution >= 0.6 is 0 Å². The fraction of sp³-hybridized carbons (Fsp3) is 0.600. The number of hydrogen-bond donors (Lipinski definition) is 1. The maximum atomic E-state index is 5.88. The zero-order valence-electron chi connectivity index (χ0n) is 10.5. The van der Waals surface area contributed by atoms with Crippen LogP contribution in [0.4, 0.5) is 0 Å². The van der Waals surface area contributed by atoms with E-state index >= 15 is 0 Å². The molecule has 1 saturated carbocycles. The van der Waals surface area contributed by atoms with Crippen molar-refractivity contribution in [3.8, 4) is 0 Å². The normalized spacial score (nSPS) is 22.9. The molecule has 1 aromatic carbocycles. The molecule has 2 aliphatic rings. The van der Waals surface area contributed by atoms with Crippen LogP contribution in [0.1, 0.15) is 24.0 Å². The minimum absolute atomic E-state index is 0.483. The van der Waals surface area contributed by atoms with Crippen LogP contribution in [0.2, 0.25) is 0 Å². The number of nitrogens with zero attached hydrogens (tertiary/aromatic N) is 1. The Kier molecular flexibility index (Phi) is 2.93. The Bertz CT molecular complexity index is 369. The molecule has 1 aliphatic heterocycles. The van der Waals surface area contributed by atoms with Crippen molar-refractivity contribution in [3.05, 3.63) is 35.4 Å². The molecule has 0 amide bonds. The average Bonchev–Trinajstić information content (AvgIpc) is 3.16. The van der Waals surface area contributed by atoms with Crippen LogP contribution in [-0.4, -0.2) is 31.1 Å². The van der Waals surface area contributed by atoms with Gasteiger partial charge < -0.3 is 10.6 Å². The highest BCUT2D eigenvalue weighted by atomic mass is 15.1. The molecule has 1 fully saturated rings. The molecule has 2 N–H and O–H groups in total. The van der Waals surface area contributed by atoms with E-state index in [0.717, 1.165) is 6.54 Å². The maximum absolute atomic E-state index is 5.88. The summed E-state index contributed by atoms with van der Waals surface area (Å²) in [5, 5.41) is 0. The largest absolute Gasteiger partial charge is 0.330 e. The molecule has 0 saturated heterocycles. The van der Waals surface area contributed by atoms with Crippen molar-refractivity contribution in [2.45, 2.75) is 25.7 Å². The van der Waals surface area contributed by atoms with Crippen molar-refractivity contribution in [2.24, 2.45) is 11.1 Å². The van der Waals surface area contributed by atoms with Crippen molar-refractivity contribution in [3.63, 3.8) is 0 Å². The molecule has 2 heteroatoms. The Balaban J connectivity index is 1.65. The molecular weight excluding hydrogens is 208 g/mol. The van der Waals surface area contributed by atoms with E-state index in [-0.39, 0.29) is 0 Å². The van der Waals surface area contributed by atoms with Gasteiger partial charge in [0.25, 0.3) is 0 Å². The molecule has 0 aromatic heterocycles. The third-order valence-corrected chi connectivity index (χ3v) is 4.46. The number of rotatable bonds is 3. The number of nitrogens with two attached hydrogens (primary N) is 1. The van der Waals surface area contributed by atoms with E-state index in [9.17, 15) is 0 Å². The lowest BCUT2D eigenvalue weighted by molar-refractivity contribution is 0.231. The summed E-state index contributed by atoms with van der Waals surface area (Å²) in [6.07, 6.45) is 5.09. The minimum Gasteiger partial charge on any atom is -0.330 e. The van der Waals surface area contributed by atoms with Gasteiger partial charge in [-0.15, -0.1) is 0 Å². The van der Waals surface area contributed by atoms with Crippen LogP contribution in [0.3, 0.4) is 0 Å². The highest BCUT2D eigenvalue weighted by Gasteiger charge is 2.42. The third kappa shape index (κ3) is 2.38. The minimum atomic E-state index is 0.483. The lowest BCUT2D eigenvalue weighted by Crippen LogP contribution is -2.35. The first-order valence-corrected chi connectivity index (χ1v) is 6.81. The van der Waals surface area contributed by atoms with E-state index in [1.807, 2.05) is 0 Å². The standard InChI is InChI=1S/C15H22N2/c16-11-15(7-8-15)12-17-9-5-13-3-1-2-4-14(13)6-10-17/h1-4H,5-12,16H2. The molecule has 0 bridgehead atoms. The van der Waals surface area contributed by atoms with Gasteiger partial charge in [-0.3, -0.25) is 0 Å². The molecule has 1 aromatic rings. The van der Waals surface area contributed by atoms with Crippen LogP contribution in [0.25, 0.3) is 0 Å². The van der Waals surface area contributed by atoms with Gasteiger partial charge in [-0.25, -0.2) is 0 Å². The van der Waals surface area contributed by atoms with Crippen LogP contribution in [-0.2, 0) is 12.8 Å². The smallest absolute Gasteiger partial charge is 0.00503 e. The van der Waals surface area contributed by atoms with E-state index in [4.69, 9.17) is 5.73 Å². The average molecular weight is 230 g/mol. The summed E-state index contributed by atoms with van der Waals surface area (Å²) < 4.78 is 0. The molecule has 3 rings (SSSR count). The van der Waals surface area contributed by atoms with Crippen LogP contribution in [0.15, 0.2) is 24.3 Å². The first-order chi connectivity index (χ1) is 8.31. The second kappa shape index (κ2) is 4.43. The van der Waals surface area contributed by atoms with Gasteiger partial charge >= 0.3 is 0 Å². The second-order valence-electron chi connectivity index (χ2n) is 5.75. The lowest BCUT2D eigenvalue weighted by Gasteiger charge is -2.25.